The monoisotopic (exact) mass is 467 g/mol. The molecule has 0 radical (unpaired) electrons. The number of amides is 1. The van der Waals surface area contributed by atoms with Crippen LogP contribution in [0.2, 0.25) is 0 Å². The van der Waals surface area contributed by atoms with E-state index >= 15 is 0 Å². The standard InChI is InChI=1S/C22H14INO3/c23-19-7-3-2-6-17(19)21(25)24-16-11-9-14(10-12-16)18-13-15-5-1-4-8-20(15)27-22(18)26/h1-13H,(H,24,25). The molecule has 0 saturated carbocycles. The Hall–Kier alpha value is -2.93. The van der Waals surface area contributed by atoms with E-state index in [1.807, 2.05) is 42.5 Å². The maximum atomic E-state index is 12.4. The van der Waals surface area contributed by atoms with Crippen LogP contribution >= 0.6 is 22.6 Å². The number of rotatable bonds is 3. The van der Waals surface area contributed by atoms with Crippen LogP contribution in [0.1, 0.15) is 10.4 Å². The highest BCUT2D eigenvalue weighted by molar-refractivity contribution is 14.1. The Labute approximate surface area is 169 Å². The Morgan fingerprint density at radius 3 is 2.37 bits per heavy atom. The molecular weight excluding hydrogens is 453 g/mol. The number of hydrogen-bond donors (Lipinski definition) is 1. The topological polar surface area (TPSA) is 59.3 Å². The summed E-state index contributed by atoms with van der Waals surface area (Å²) in [5, 5.41) is 3.74. The lowest BCUT2D eigenvalue weighted by Gasteiger charge is -2.08. The van der Waals surface area contributed by atoms with E-state index in [-0.39, 0.29) is 11.5 Å². The van der Waals surface area contributed by atoms with Crippen LogP contribution in [0.5, 0.6) is 0 Å². The molecule has 1 aromatic heterocycles. The van der Waals surface area contributed by atoms with Crippen LogP contribution in [0.4, 0.5) is 5.69 Å². The third-order valence-electron chi connectivity index (χ3n) is 4.21. The normalized spacial score (nSPS) is 10.7. The lowest BCUT2D eigenvalue weighted by molar-refractivity contribution is 0.102. The first kappa shape index (κ1) is 17.5. The molecule has 4 nitrogen and oxygen atoms in total. The van der Waals surface area contributed by atoms with Gasteiger partial charge in [0, 0.05) is 14.6 Å². The zero-order valence-electron chi connectivity index (χ0n) is 14.1. The number of para-hydroxylation sites is 1. The van der Waals surface area contributed by atoms with Crippen molar-refractivity contribution in [2.24, 2.45) is 0 Å². The number of fused-ring (bicyclic) bond motifs is 1. The van der Waals surface area contributed by atoms with Crippen molar-refractivity contribution < 1.29 is 9.21 Å². The van der Waals surface area contributed by atoms with Gasteiger partial charge in [-0.1, -0.05) is 42.5 Å². The van der Waals surface area contributed by atoms with Crippen molar-refractivity contribution >= 4 is 45.2 Å². The van der Waals surface area contributed by atoms with E-state index in [0.29, 0.717) is 22.4 Å². The maximum Gasteiger partial charge on any atom is 0.344 e. The lowest BCUT2D eigenvalue weighted by Crippen LogP contribution is -2.13. The van der Waals surface area contributed by atoms with E-state index in [0.717, 1.165) is 14.5 Å². The van der Waals surface area contributed by atoms with Crippen LogP contribution < -0.4 is 10.9 Å². The summed E-state index contributed by atoms with van der Waals surface area (Å²) in [5.74, 6) is -0.169. The maximum absolute atomic E-state index is 12.4. The molecule has 1 amide bonds. The first-order chi connectivity index (χ1) is 13.1. The van der Waals surface area contributed by atoms with Crippen LogP contribution in [0.15, 0.2) is 88.1 Å². The van der Waals surface area contributed by atoms with Crippen LogP contribution in [0.25, 0.3) is 22.1 Å². The van der Waals surface area contributed by atoms with Gasteiger partial charge >= 0.3 is 5.63 Å². The quantitative estimate of drug-likeness (QED) is 0.328. The molecule has 0 bridgehead atoms. The van der Waals surface area contributed by atoms with E-state index in [2.05, 4.69) is 27.9 Å². The number of carbonyl (C=O) groups is 1. The van der Waals surface area contributed by atoms with Gasteiger partial charge in [-0.25, -0.2) is 4.79 Å². The molecular formula is C22H14INO3. The Morgan fingerprint density at radius 1 is 0.889 bits per heavy atom. The van der Waals surface area contributed by atoms with Crippen LogP contribution in [0.3, 0.4) is 0 Å². The third-order valence-corrected chi connectivity index (χ3v) is 5.15. The zero-order valence-corrected chi connectivity index (χ0v) is 16.3. The number of halogens is 1. The fraction of sp³-hybridized carbons (Fsp3) is 0. The minimum Gasteiger partial charge on any atom is -0.422 e. The van der Waals surface area contributed by atoms with Crippen molar-refractivity contribution in [3.05, 3.63) is 98.4 Å². The predicted molar refractivity (Wildman–Crippen MR) is 115 cm³/mol. The average molecular weight is 467 g/mol. The second-order valence-electron chi connectivity index (χ2n) is 6.00. The molecule has 0 atom stereocenters. The molecule has 0 aliphatic carbocycles. The smallest absolute Gasteiger partial charge is 0.344 e. The molecule has 1 heterocycles. The van der Waals surface area contributed by atoms with Crippen molar-refractivity contribution in [2.45, 2.75) is 0 Å². The summed E-state index contributed by atoms with van der Waals surface area (Å²) in [6.07, 6.45) is 0. The first-order valence-electron chi connectivity index (χ1n) is 8.31. The van der Waals surface area contributed by atoms with Gasteiger partial charge in [-0.3, -0.25) is 4.79 Å². The molecule has 0 aliphatic rings. The van der Waals surface area contributed by atoms with Gasteiger partial charge in [-0.05, 0) is 64.6 Å². The van der Waals surface area contributed by atoms with E-state index in [1.165, 1.54) is 0 Å². The second-order valence-corrected chi connectivity index (χ2v) is 7.16. The second kappa shape index (κ2) is 7.36. The van der Waals surface area contributed by atoms with Gasteiger partial charge in [0.25, 0.3) is 5.91 Å². The molecule has 132 valence electrons. The van der Waals surface area contributed by atoms with Gasteiger partial charge in [0.2, 0.25) is 0 Å². The molecule has 0 saturated heterocycles. The van der Waals surface area contributed by atoms with Gasteiger partial charge < -0.3 is 9.73 Å². The fourth-order valence-electron chi connectivity index (χ4n) is 2.84. The largest absolute Gasteiger partial charge is 0.422 e. The molecule has 0 fully saturated rings. The number of nitrogens with one attached hydrogen (secondary N) is 1. The van der Waals surface area contributed by atoms with Gasteiger partial charge in [-0.15, -0.1) is 0 Å². The highest BCUT2D eigenvalue weighted by atomic mass is 127. The van der Waals surface area contributed by atoms with Gasteiger partial charge in [0.1, 0.15) is 5.58 Å². The lowest BCUT2D eigenvalue weighted by atomic mass is 10.1. The van der Waals surface area contributed by atoms with Gasteiger partial charge in [0.15, 0.2) is 0 Å². The first-order valence-corrected chi connectivity index (χ1v) is 9.39. The fourth-order valence-corrected chi connectivity index (χ4v) is 3.47. The number of anilines is 1. The van der Waals surface area contributed by atoms with Crippen molar-refractivity contribution in [3.63, 3.8) is 0 Å². The van der Waals surface area contributed by atoms with Gasteiger partial charge in [0.05, 0.1) is 11.1 Å². The van der Waals surface area contributed by atoms with Crippen molar-refractivity contribution in [1.29, 1.82) is 0 Å². The summed E-state index contributed by atoms with van der Waals surface area (Å²) < 4.78 is 6.27. The van der Waals surface area contributed by atoms with Crippen LogP contribution in [-0.4, -0.2) is 5.91 Å². The Bertz CT molecular complexity index is 1200. The SMILES string of the molecule is O=C(Nc1ccc(-c2cc3ccccc3oc2=O)cc1)c1ccccc1I. The van der Waals surface area contributed by atoms with E-state index < -0.39 is 0 Å². The predicted octanol–water partition coefficient (Wildman–Crippen LogP) is 5.32. The van der Waals surface area contributed by atoms with Crippen molar-refractivity contribution in [1.82, 2.24) is 0 Å². The van der Waals surface area contributed by atoms with E-state index in [1.54, 1.807) is 36.4 Å². The minimum atomic E-state index is -0.385. The van der Waals surface area contributed by atoms with Crippen molar-refractivity contribution in [3.8, 4) is 11.1 Å². The van der Waals surface area contributed by atoms with E-state index in [9.17, 15) is 9.59 Å². The Balaban J connectivity index is 1.61. The molecule has 0 aliphatic heterocycles. The summed E-state index contributed by atoms with van der Waals surface area (Å²) in [4.78, 5) is 24.7. The van der Waals surface area contributed by atoms with Crippen molar-refractivity contribution in [2.75, 3.05) is 5.32 Å². The molecule has 0 spiro atoms. The molecule has 4 rings (SSSR count). The molecule has 3 aromatic carbocycles. The highest BCUT2D eigenvalue weighted by Crippen LogP contribution is 2.23. The summed E-state index contributed by atoms with van der Waals surface area (Å²) >= 11 is 2.14. The summed E-state index contributed by atoms with van der Waals surface area (Å²) in [6.45, 7) is 0. The molecule has 5 heteroatoms. The Morgan fingerprint density at radius 2 is 1.59 bits per heavy atom. The average Bonchev–Trinajstić information content (AvgIpc) is 2.68. The summed E-state index contributed by atoms with van der Waals surface area (Å²) in [7, 11) is 0. The Kier molecular flexibility index (Phi) is 4.77. The molecule has 1 N–H and O–H groups in total. The molecule has 4 aromatic rings. The number of hydrogen-bond acceptors (Lipinski definition) is 3. The van der Waals surface area contributed by atoms with Gasteiger partial charge in [-0.2, -0.15) is 0 Å². The molecule has 27 heavy (non-hydrogen) atoms. The third kappa shape index (κ3) is 3.64. The zero-order chi connectivity index (χ0) is 18.8. The number of benzene rings is 3. The number of carbonyl (C=O) groups excluding carboxylic acids is 1. The summed E-state index contributed by atoms with van der Waals surface area (Å²) in [5.41, 5.74) is 2.69. The highest BCUT2D eigenvalue weighted by Gasteiger charge is 2.11. The summed E-state index contributed by atoms with van der Waals surface area (Å²) in [6, 6.07) is 23.8. The van der Waals surface area contributed by atoms with E-state index in [4.69, 9.17) is 4.42 Å². The minimum absolute atomic E-state index is 0.169. The van der Waals surface area contributed by atoms with Crippen LogP contribution in [-0.2, 0) is 0 Å². The molecule has 0 unspecified atom stereocenters. The van der Waals surface area contributed by atoms with Crippen LogP contribution in [0, 0.1) is 3.57 Å².